The van der Waals surface area contributed by atoms with E-state index in [1.54, 1.807) is 11.3 Å². The molecule has 0 spiro atoms. The molecule has 0 radical (unpaired) electrons. The lowest BCUT2D eigenvalue weighted by Crippen LogP contribution is -2.41. The van der Waals surface area contributed by atoms with Crippen molar-refractivity contribution in [2.75, 3.05) is 0 Å². The highest BCUT2D eigenvalue weighted by Crippen LogP contribution is 2.39. The number of rotatable bonds is 2. The van der Waals surface area contributed by atoms with Crippen LogP contribution in [0.4, 0.5) is 0 Å². The SMILES string of the molecule is CC1(C)CCCC(N)(Cc2ccc(Cl)s2)CC1. The first kappa shape index (κ1) is 13.4. The molecule has 0 saturated heterocycles. The average molecular weight is 272 g/mol. The molecule has 96 valence electrons. The van der Waals surface area contributed by atoms with Crippen LogP contribution in [-0.4, -0.2) is 5.54 Å². The number of hydrogen-bond donors (Lipinski definition) is 1. The van der Waals surface area contributed by atoms with Crippen molar-refractivity contribution in [1.82, 2.24) is 0 Å². The van der Waals surface area contributed by atoms with E-state index in [2.05, 4.69) is 19.9 Å². The van der Waals surface area contributed by atoms with E-state index in [-0.39, 0.29) is 5.54 Å². The molecule has 1 saturated carbocycles. The third kappa shape index (κ3) is 3.70. The van der Waals surface area contributed by atoms with E-state index in [0.29, 0.717) is 5.41 Å². The van der Waals surface area contributed by atoms with Crippen molar-refractivity contribution in [3.8, 4) is 0 Å². The van der Waals surface area contributed by atoms with Crippen molar-refractivity contribution < 1.29 is 0 Å². The molecule has 3 heteroatoms. The Morgan fingerprint density at radius 2 is 2.00 bits per heavy atom. The number of hydrogen-bond acceptors (Lipinski definition) is 2. The molecule has 1 unspecified atom stereocenters. The predicted molar refractivity (Wildman–Crippen MR) is 76.8 cm³/mol. The Morgan fingerprint density at radius 3 is 2.65 bits per heavy atom. The van der Waals surface area contributed by atoms with Gasteiger partial charge in [-0.3, -0.25) is 0 Å². The minimum Gasteiger partial charge on any atom is -0.325 e. The maximum Gasteiger partial charge on any atom is 0.0931 e. The van der Waals surface area contributed by atoms with Crippen LogP contribution in [0.2, 0.25) is 4.34 Å². The second-order valence-electron chi connectivity index (χ2n) is 6.26. The molecule has 0 aromatic carbocycles. The van der Waals surface area contributed by atoms with Crippen LogP contribution >= 0.6 is 22.9 Å². The number of thiophene rings is 1. The fraction of sp³-hybridized carbons (Fsp3) is 0.714. The number of halogens is 1. The summed E-state index contributed by atoms with van der Waals surface area (Å²) in [5, 5.41) is 0. The van der Waals surface area contributed by atoms with E-state index in [4.69, 9.17) is 17.3 Å². The van der Waals surface area contributed by atoms with Crippen LogP contribution in [0.15, 0.2) is 12.1 Å². The van der Waals surface area contributed by atoms with Crippen LogP contribution in [0, 0.1) is 5.41 Å². The Balaban J connectivity index is 2.03. The van der Waals surface area contributed by atoms with Crippen LogP contribution in [0.1, 0.15) is 50.8 Å². The van der Waals surface area contributed by atoms with Gasteiger partial charge in [0.25, 0.3) is 0 Å². The normalized spacial score (nSPS) is 28.9. The zero-order valence-corrected chi connectivity index (χ0v) is 12.3. The first-order valence-corrected chi connectivity index (χ1v) is 7.61. The van der Waals surface area contributed by atoms with Gasteiger partial charge in [-0.15, -0.1) is 11.3 Å². The van der Waals surface area contributed by atoms with E-state index >= 15 is 0 Å². The Bertz CT molecular complexity index is 385. The van der Waals surface area contributed by atoms with Gasteiger partial charge in [-0.2, -0.15) is 0 Å². The Hall–Kier alpha value is -0.0500. The summed E-state index contributed by atoms with van der Waals surface area (Å²) in [7, 11) is 0. The van der Waals surface area contributed by atoms with Crippen molar-refractivity contribution in [2.45, 2.75) is 57.9 Å². The second-order valence-corrected chi connectivity index (χ2v) is 8.06. The van der Waals surface area contributed by atoms with Crippen LogP contribution < -0.4 is 5.73 Å². The van der Waals surface area contributed by atoms with Crippen LogP contribution in [-0.2, 0) is 6.42 Å². The summed E-state index contributed by atoms with van der Waals surface area (Å²) in [5.41, 5.74) is 7.04. The summed E-state index contributed by atoms with van der Waals surface area (Å²) >= 11 is 7.65. The van der Waals surface area contributed by atoms with Gasteiger partial charge in [0.1, 0.15) is 0 Å². The number of nitrogens with two attached hydrogens (primary N) is 1. The zero-order valence-electron chi connectivity index (χ0n) is 10.8. The predicted octanol–water partition coefficient (Wildman–Crippen LogP) is 4.63. The van der Waals surface area contributed by atoms with Crippen molar-refractivity contribution in [3.05, 3.63) is 21.3 Å². The van der Waals surface area contributed by atoms with Gasteiger partial charge in [-0.1, -0.05) is 31.9 Å². The molecular weight excluding hydrogens is 250 g/mol. The molecule has 1 atom stereocenters. The molecule has 2 N–H and O–H groups in total. The van der Waals surface area contributed by atoms with Gasteiger partial charge in [0, 0.05) is 10.4 Å². The van der Waals surface area contributed by atoms with E-state index in [1.165, 1.54) is 24.1 Å². The van der Waals surface area contributed by atoms with Gasteiger partial charge in [0.05, 0.1) is 4.34 Å². The lowest BCUT2D eigenvalue weighted by Gasteiger charge is -2.28. The molecule has 17 heavy (non-hydrogen) atoms. The maximum atomic E-state index is 6.59. The Kier molecular flexibility index (Phi) is 3.86. The quantitative estimate of drug-likeness (QED) is 0.780. The highest BCUT2D eigenvalue weighted by molar-refractivity contribution is 7.16. The molecule has 0 bridgehead atoms. The summed E-state index contributed by atoms with van der Waals surface area (Å²) in [6, 6.07) is 4.10. The third-order valence-electron chi connectivity index (χ3n) is 3.98. The molecule has 1 aromatic rings. The van der Waals surface area contributed by atoms with Gasteiger partial charge in [-0.25, -0.2) is 0 Å². The minimum absolute atomic E-state index is 0.0120. The van der Waals surface area contributed by atoms with E-state index in [1.807, 2.05) is 6.07 Å². The largest absolute Gasteiger partial charge is 0.325 e. The molecule has 2 rings (SSSR count). The van der Waals surface area contributed by atoms with Crippen LogP contribution in [0.25, 0.3) is 0 Å². The summed E-state index contributed by atoms with van der Waals surface area (Å²) in [6.07, 6.45) is 7.06. The van der Waals surface area contributed by atoms with Gasteiger partial charge in [0.2, 0.25) is 0 Å². The molecule has 0 amide bonds. The second kappa shape index (κ2) is 4.91. The van der Waals surface area contributed by atoms with Gasteiger partial charge in [0.15, 0.2) is 0 Å². The summed E-state index contributed by atoms with van der Waals surface area (Å²) in [5.74, 6) is 0. The van der Waals surface area contributed by atoms with Crippen LogP contribution in [0.5, 0.6) is 0 Å². The van der Waals surface area contributed by atoms with Gasteiger partial charge < -0.3 is 5.73 Å². The molecule has 1 nitrogen and oxygen atoms in total. The highest BCUT2D eigenvalue weighted by Gasteiger charge is 2.32. The fourth-order valence-electron chi connectivity index (χ4n) is 2.73. The van der Waals surface area contributed by atoms with E-state index in [0.717, 1.165) is 23.6 Å². The first-order chi connectivity index (χ1) is 7.89. The van der Waals surface area contributed by atoms with Crippen molar-refractivity contribution in [2.24, 2.45) is 11.1 Å². The van der Waals surface area contributed by atoms with E-state index < -0.39 is 0 Å². The highest BCUT2D eigenvalue weighted by atomic mass is 35.5. The molecule has 1 aromatic heterocycles. The lowest BCUT2D eigenvalue weighted by molar-refractivity contribution is 0.297. The van der Waals surface area contributed by atoms with Gasteiger partial charge in [-0.05, 0) is 49.7 Å². The smallest absolute Gasteiger partial charge is 0.0931 e. The third-order valence-corrected chi connectivity index (χ3v) is 5.21. The summed E-state index contributed by atoms with van der Waals surface area (Å²) in [4.78, 5) is 1.33. The van der Waals surface area contributed by atoms with E-state index in [9.17, 15) is 0 Å². The Labute approximate surface area is 113 Å². The molecular formula is C14H22ClNS. The van der Waals surface area contributed by atoms with Crippen molar-refractivity contribution >= 4 is 22.9 Å². The Morgan fingerprint density at radius 1 is 1.24 bits per heavy atom. The first-order valence-electron chi connectivity index (χ1n) is 6.42. The summed E-state index contributed by atoms with van der Waals surface area (Å²) in [6.45, 7) is 4.72. The molecule has 1 aliphatic rings. The minimum atomic E-state index is -0.0120. The summed E-state index contributed by atoms with van der Waals surface area (Å²) < 4.78 is 0.873. The topological polar surface area (TPSA) is 26.0 Å². The molecule has 1 heterocycles. The lowest BCUT2D eigenvalue weighted by atomic mass is 9.82. The monoisotopic (exact) mass is 271 g/mol. The van der Waals surface area contributed by atoms with Crippen molar-refractivity contribution in [1.29, 1.82) is 0 Å². The van der Waals surface area contributed by atoms with Gasteiger partial charge >= 0.3 is 0 Å². The molecule has 1 aliphatic carbocycles. The zero-order chi connectivity index (χ0) is 12.5. The standard InChI is InChI=1S/C14H22ClNS/c1-13(2)6-3-7-14(16,9-8-13)10-11-4-5-12(15)17-11/h4-5H,3,6-10,16H2,1-2H3. The molecule has 0 aliphatic heterocycles. The fourth-order valence-corrected chi connectivity index (χ4v) is 3.97. The average Bonchev–Trinajstić information content (AvgIpc) is 2.55. The van der Waals surface area contributed by atoms with Crippen LogP contribution in [0.3, 0.4) is 0 Å². The maximum absolute atomic E-state index is 6.59. The van der Waals surface area contributed by atoms with Crippen molar-refractivity contribution in [3.63, 3.8) is 0 Å². The molecule has 1 fully saturated rings.